The van der Waals surface area contributed by atoms with E-state index in [4.69, 9.17) is 0 Å². The van der Waals surface area contributed by atoms with E-state index >= 15 is 0 Å². The summed E-state index contributed by atoms with van der Waals surface area (Å²) in [4.78, 5) is 23.4. The SMILES string of the molecule is CC1CC(=O)NN=C1c1ccc(NC(=O)c2c(F)cccc2F)cc1. The van der Waals surface area contributed by atoms with Crippen LogP contribution in [-0.4, -0.2) is 17.5 Å². The van der Waals surface area contributed by atoms with Gasteiger partial charge in [0.25, 0.3) is 5.91 Å². The number of halogens is 2. The monoisotopic (exact) mass is 343 g/mol. The Balaban J connectivity index is 1.77. The Hall–Kier alpha value is -3.09. The fourth-order valence-corrected chi connectivity index (χ4v) is 2.63. The van der Waals surface area contributed by atoms with Crippen molar-refractivity contribution in [2.45, 2.75) is 13.3 Å². The molecule has 0 saturated carbocycles. The number of rotatable bonds is 3. The van der Waals surface area contributed by atoms with Gasteiger partial charge in [0.2, 0.25) is 5.91 Å². The molecule has 2 N–H and O–H groups in total. The van der Waals surface area contributed by atoms with Crippen molar-refractivity contribution in [3.8, 4) is 0 Å². The summed E-state index contributed by atoms with van der Waals surface area (Å²) in [5.74, 6) is -2.86. The molecule has 0 saturated heterocycles. The van der Waals surface area contributed by atoms with Crippen molar-refractivity contribution in [3.63, 3.8) is 0 Å². The lowest BCUT2D eigenvalue weighted by atomic mass is 9.94. The van der Waals surface area contributed by atoms with Gasteiger partial charge in [0.1, 0.15) is 17.2 Å². The second kappa shape index (κ2) is 6.80. The summed E-state index contributed by atoms with van der Waals surface area (Å²) in [7, 11) is 0. The minimum absolute atomic E-state index is 0.0262. The van der Waals surface area contributed by atoms with E-state index in [-0.39, 0.29) is 11.8 Å². The topological polar surface area (TPSA) is 70.6 Å². The molecule has 1 aliphatic rings. The molecule has 1 heterocycles. The maximum atomic E-state index is 13.6. The molecule has 3 rings (SSSR count). The molecule has 1 unspecified atom stereocenters. The Bertz CT molecular complexity index is 843. The number of anilines is 1. The molecule has 1 aliphatic heterocycles. The van der Waals surface area contributed by atoms with Gasteiger partial charge in [-0.15, -0.1) is 0 Å². The van der Waals surface area contributed by atoms with Crippen molar-refractivity contribution in [1.82, 2.24) is 5.43 Å². The fourth-order valence-electron chi connectivity index (χ4n) is 2.63. The third-order valence-electron chi connectivity index (χ3n) is 3.89. The van der Waals surface area contributed by atoms with E-state index < -0.39 is 23.1 Å². The second-order valence-corrected chi connectivity index (χ2v) is 5.77. The first-order valence-corrected chi connectivity index (χ1v) is 7.68. The smallest absolute Gasteiger partial charge is 0.261 e. The van der Waals surface area contributed by atoms with Crippen LogP contribution < -0.4 is 10.7 Å². The predicted octanol–water partition coefficient (Wildman–Crippen LogP) is 3.08. The number of hydrogen-bond donors (Lipinski definition) is 2. The molecule has 128 valence electrons. The van der Waals surface area contributed by atoms with Crippen LogP contribution in [0.25, 0.3) is 0 Å². The summed E-state index contributed by atoms with van der Waals surface area (Å²) >= 11 is 0. The van der Waals surface area contributed by atoms with Gasteiger partial charge in [-0.1, -0.05) is 25.1 Å². The lowest BCUT2D eigenvalue weighted by molar-refractivity contribution is -0.121. The van der Waals surface area contributed by atoms with Crippen molar-refractivity contribution in [2.75, 3.05) is 5.32 Å². The van der Waals surface area contributed by atoms with Crippen LogP contribution in [0, 0.1) is 17.6 Å². The third kappa shape index (κ3) is 3.55. The average molecular weight is 343 g/mol. The third-order valence-corrected chi connectivity index (χ3v) is 3.89. The number of benzene rings is 2. The molecule has 2 amide bonds. The lowest BCUT2D eigenvalue weighted by Crippen LogP contribution is -2.31. The van der Waals surface area contributed by atoms with Crippen LogP contribution in [0.4, 0.5) is 14.5 Å². The number of nitrogens with one attached hydrogen (secondary N) is 2. The van der Waals surface area contributed by atoms with Gasteiger partial charge < -0.3 is 5.32 Å². The van der Waals surface area contributed by atoms with E-state index in [0.29, 0.717) is 12.1 Å². The van der Waals surface area contributed by atoms with Gasteiger partial charge in [-0.2, -0.15) is 5.10 Å². The standard InChI is InChI=1S/C18H15F2N3O2/c1-10-9-15(24)22-23-17(10)11-5-7-12(8-6-11)21-18(25)16-13(19)3-2-4-14(16)20/h2-8,10H,9H2,1H3,(H,21,25)(H,22,24). The number of amides is 2. The lowest BCUT2D eigenvalue weighted by Gasteiger charge is -2.19. The van der Waals surface area contributed by atoms with Gasteiger partial charge in [0, 0.05) is 18.0 Å². The minimum Gasteiger partial charge on any atom is -0.322 e. The zero-order valence-corrected chi connectivity index (χ0v) is 13.3. The second-order valence-electron chi connectivity index (χ2n) is 5.77. The quantitative estimate of drug-likeness (QED) is 0.899. The van der Waals surface area contributed by atoms with Crippen LogP contribution in [0.1, 0.15) is 29.3 Å². The van der Waals surface area contributed by atoms with E-state index in [1.807, 2.05) is 6.92 Å². The van der Waals surface area contributed by atoms with E-state index in [0.717, 1.165) is 23.4 Å². The van der Waals surface area contributed by atoms with E-state index in [1.54, 1.807) is 24.3 Å². The Morgan fingerprint density at radius 1 is 1.16 bits per heavy atom. The molecular weight excluding hydrogens is 328 g/mol. The summed E-state index contributed by atoms with van der Waals surface area (Å²) in [5.41, 5.74) is 3.73. The van der Waals surface area contributed by atoms with Gasteiger partial charge in [0.15, 0.2) is 0 Å². The van der Waals surface area contributed by atoms with Gasteiger partial charge >= 0.3 is 0 Å². The minimum atomic E-state index is -0.921. The number of carbonyl (C=O) groups is 2. The Labute approximate surface area is 142 Å². The summed E-state index contributed by atoms with van der Waals surface area (Å²) in [6.45, 7) is 1.90. The van der Waals surface area contributed by atoms with Crippen molar-refractivity contribution in [1.29, 1.82) is 0 Å². The molecule has 0 aromatic heterocycles. The molecule has 0 bridgehead atoms. The number of hydrogen-bond acceptors (Lipinski definition) is 3. The molecule has 1 atom stereocenters. The largest absolute Gasteiger partial charge is 0.322 e. The van der Waals surface area contributed by atoms with Gasteiger partial charge in [-0.25, -0.2) is 14.2 Å². The van der Waals surface area contributed by atoms with Crippen LogP contribution >= 0.6 is 0 Å². The zero-order chi connectivity index (χ0) is 18.0. The fraction of sp³-hybridized carbons (Fsp3) is 0.167. The normalized spacial score (nSPS) is 16.8. The molecule has 0 radical (unpaired) electrons. The Kier molecular flexibility index (Phi) is 4.56. The number of hydrazone groups is 1. The average Bonchev–Trinajstić information content (AvgIpc) is 2.56. The highest BCUT2D eigenvalue weighted by atomic mass is 19.1. The molecule has 0 spiro atoms. The van der Waals surface area contributed by atoms with Crippen LogP contribution in [-0.2, 0) is 4.79 Å². The summed E-state index contributed by atoms with van der Waals surface area (Å²) in [5, 5.41) is 6.51. The molecule has 2 aromatic rings. The van der Waals surface area contributed by atoms with Crippen LogP contribution in [0.3, 0.4) is 0 Å². The zero-order valence-electron chi connectivity index (χ0n) is 13.3. The number of carbonyl (C=O) groups excluding carboxylic acids is 2. The summed E-state index contributed by atoms with van der Waals surface area (Å²) in [6, 6.07) is 9.91. The van der Waals surface area contributed by atoms with Gasteiger partial charge in [0.05, 0.1) is 5.71 Å². The van der Waals surface area contributed by atoms with E-state index in [2.05, 4.69) is 15.8 Å². The molecule has 5 nitrogen and oxygen atoms in total. The maximum absolute atomic E-state index is 13.6. The van der Waals surface area contributed by atoms with Crippen molar-refractivity contribution in [2.24, 2.45) is 11.0 Å². The molecule has 0 fully saturated rings. The molecule has 2 aromatic carbocycles. The first-order chi connectivity index (χ1) is 12.0. The first-order valence-electron chi connectivity index (χ1n) is 7.68. The first kappa shape index (κ1) is 16.8. The summed E-state index contributed by atoms with van der Waals surface area (Å²) < 4.78 is 27.3. The van der Waals surface area contributed by atoms with Gasteiger partial charge in [-0.05, 0) is 29.8 Å². The van der Waals surface area contributed by atoms with Crippen LogP contribution in [0.5, 0.6) is 0 Å². The van der Waals surface area contributed by atoms with Crippen LogP contribution in [0.2, 0.25) is 0 Å². The van der Waals surface area contributed by atoms with Crippen molar-refractivity contribution in [3.05, 3.63) is 65.2 Å². The molecular formula is C18H15F2N3O2. The highest BCUT2D eigenvalue weighted by Gasteiger charge is 2.22. The molecule has 0 aliphatic carbocycles. The van der Waals surface area contributed by atoms with Crippen molar-refractivity contribution >= 4 is 23.2 Å². The van der Waals surface area contributed by atoms with Crippen molar-refractivity contribution < 1.29 is 18.4 Å². The predicted molar refractivity (Wildman–Crippen MR) is 89.2 cm³/mol. The maximum Gasteiger partial charge on any atom is 0.261 e. The molecule has 7 heteroatoms. The summed E-state index contributed by atoms with van der Waals surface area (Å²) in [6.07, 6.45) is 0.351. The van der Waals surface area contributed by atoms with Crippen LogP contribution in [0.15, 0.2) is 47.6 Å². The Morgan fingerprint density at radius 2 is 1.80 bits per heavy atom. The highest BCUT2D eigenvalue weighted by Crippen LogP contribution is 2.20. The van der Waals surface area contributed by atoms with E-state index in [1.165, 1.54) is 6.07 Å². The van der Waals surface area contributed by atoms with Gasteiger partial charge in [-0.3, -0.25) is 9.59 Å². The number of nitrogens with zero attached hydrogens (tertiary/aromatic N) is 1. The Morgan fingerprint density at radius 3 is 2.40 bits per heavy atom. The van der Waals surface area contributed by atoms with E-state index in [9.17, 15) is 18.4 Å². The highest BCUT2D eigenvalue weighted by molar-refractivity contribution is 6.07. The molecule has 25 heavy (non-hydrogen) atoms.